The summed E-state index contributed by atoms with van der Waals surface area (Å²) in [6.45, 7) is 2.83. The Morgan fingerprint density at radius 1 is 1.18 bits per heavy atom. The molecular weight excluding hydrogens is 572 g/mol. The third kappa shape index (κ3) is 6.44. The summed E-state index contributed by atoms with van der Waals surface area (Å²) in [5.74, 6) is 0.376. The molecule has 1 saturated carbocycles. The van der Waals surface area contributed by atoms with E-state index in [1.54, 1.807) is 12.1 Å². The lowest BCUT2D eigenvalue weighted by atomic mass is 10.1. The number of rotatable bonds is 9. The van der Waals surface area contributed by atoms with Gasteiger partial charge in [-0.25, -0.2) is 16.8 Å². The van der Waals surface area contributed by atoms with Crippen molar-refractivity contribution in [3.63, 3.8) is 0 Å². The highest BCUT2D eigenvalue weighted by Gasteiger charge is 2.54. The first-order chi connectivity index (χ1) is 17.9. The molecule has 1 N–H and O–H groups in total. The van der Waals surface area contributed by atoms with Gasteiger partial charge in [0, 0.05) is 48.8 Å². The van der Waals surface area contributed by atoms with Gasteiger partial charge in [-0.05, 0) is 62.3 Å². The van der Waals surface area contributed by atoms with Crippen LogP contribution in [0.2, 0.25) is 4.34 Å². The third-order valence-corrected chi connectivity index (χ3v) is 12.0. The lowest BCUT2D eigenvalue weighted by Gasteiger charge is -2.35. The van der Waals surface area contributed by atoms with Gasteiger partial charge in [0.1, 0.15) is 6.04 Å². The van der Waals surface area contributed by atoms with Crippen molar-refractivity contribution >= 4 is 60.7 Å². The Bertz CT molecular complexity index is 1330. The molecule has 4 heterocycles. The van der Waals surface area contributed by atoms with Gasteiger partial charge < -0.3 is 9.80 Å². The summed E-state index contributed by atoms with van der Waals surface area (Å²) in [6.07, 6.45) is 5.37. The molecule has 1 aromatic rings. The summed E-state index contributed by atoms with van der Waals surface area (Å²) in [7, 11) is -6.95. The fraction of sp³-hybridized carbons (Fsp3) is 0.667. The van der Waals surface area contributed by atoms with Crippen molar-refractivity contribution in [2.75, 3.05) is 45.5 Å². The van der Waals surface area contributed by atoms with E-state index in [9.17, 15) is 26.4 Å². The molecule has 0 spiro atoms. The first-order valence-electron chi connectivity index (χ1n) is 12.8. The van der Waals surface area contributed by atoms with Crippen LogP contribution in [0.1, 0.15) is 30.6 Å². The number of likely N-dealkylation sites (tertiary alicyclic amines) is 3. The van der Waals surface area contributed by atoms with E-state index in [-0.39, 0.29) is 23.7 Å². The summed E-state index contributed by atoms with van der Waals surface area (Å²) in [5.41, 5.74) is 0. The topological polar surface area (TPSA) is 124 Å². The molecule has 5 rings (SSSR count). The molecule has 4 aliphatic rings. The average Bonchev–Trinajstić information content (AvgIpc) is 3.14. The minimum atomic E-state index is -3.87. The summed E-state index contributed by atoms with van der Waals surface area (Å²) in [4.78, 5) is 32.6. The van der Waals surface area contributed by atoms with Gasteiger partial charge in [0.25, 0.3) is 0 Å². The van der Waals surface area contributed by atoms with Crippen LogP contribution in [-0.4, -0.2) is 106 Å². The Morgan fingerprint density at radius 3 is 2.66 bits per heavy atom. The Balaban J connectivity index is 1.17. The van der Waals surface area contributed by atoms with E-state index in [0.717, 1.165) is 11.8 Å². The maximum Gasteiger partial charge on any atom is 0.242 e. The number of nitrogens with one attached hydrogen (secondary N) is 1. The van der Waals surface area contributed by atoms with E-state index in [2.05, 4.69) is 9.62 Å². The molecule has 10 nitrogen and oxygen atoms in total. The fourth-order valence-electron chi connectivity index (χ4n) is 5.94. The number of nitrogens with zero attached hydrogens (tertiary/aromatic N) is 3. The van der Waals surface area contributed by atoms with Crippen LogP contribution in [0.25, 0.3) is 6.08 Å². The summed E-state index contributed by atoms with van der Waals surface area (Å²) >= 11 is 7.14. The van der Waals surface area contributed by atoms with E-state index in [0.29, 0.717) is 73.0 Å². The average molecular weight is 605 g/mol. The molecule has 1 aromatic heterocycles. The van der Waals surface area contributed by atoms with Crippen molar-refractivity contribution < 1.29 is 26.4 Å². The lowest BCUT2D eigenvalue weighted by Crippen LogP contribution is -2.55. The van der Waals surface area contributed by atoms with Crippen LogP contribution in [0.4, 0.5) is 0 Å². The Kier molecular flexibility index (Phi) is 7.98. The molecule has 0 bridgehead atoms. The molecule has 1 aliphatic carbocycles. The second-order valence-corrected chi connectivity index (χ2v) is 16.5. The van der Waals surface area contributed by atoms with Crippen LogP contribution in [0, 0.1) is 11.8 Å². The molecular formula is C24H33ClN4O6S3. The molecule has 0 aromatic carbocycles. The maximum atomic E-state index is 13.3. The van der Waals surface area contributed by atoms with Crippen LogP contribution >= 0.6 is 22.9 Å². The van der Waals surface area contributed by atoms with Gasteiger partial charge in [-0.3, -0.25) is 14.5 Å². The predicted molar refractivity (Wildman–Crippen MR) is 147 cm³/mol. The number of sulfone groups is 1. The largest absolute Gasteiger partial charge is 0.336 e. The minimum absolute atomic E-state index is 0.0240. The number of hydrogen-bond acceptors (Lipinski definition) is 8. The molecule has 2 amide bonds. The number of carbonyl (C=O) groups is 2. The van der Waals surface area contributed by atoms with E-state index in [4.69, 9.17) is 11.6 Å². The quantitative estimate of drug-likeness (QED) is 0.450. The van der Waals surface area contributed by atoms with Crippen LogP contribution < -0.4 is 4.72 Å². The molecule has 5 atom stereocenters. The Hall–Kier alpha value is -1.51. The van der Waals surface area contributed by atoms with E-state index >= 15 is 0 Å². The Labute approximate surface area is 232 Å². The van der Waals surface area contributed by atoms with Gasteiger partial charge >= 0.3 is 0 Å². The van der Waals surface area contributed by atoms with Gasteiger partial charge in [-0.15, -0.1) is 11.3 Å². The van der Waals surface area contributed by atoms with Crippen molar-refractivity contribution in [1.29, 1.82) is 0 Å². The number of hydrogen-bond donors (Lipinski definition) is 1. The van der Waals surface area contributed by atoms with Gasteiger partial charge in [-0.1, -0.05) is 11.6 Å². The van der Waals surface area contributed by atoms with Gasteiger partial charge in [-0.2, -0.15) is 4.72 Å². The summed E-state index contributed by atoms with van der Waals surface area (Å²) < 4.78 is 52.1. The number of halogens is 1. The van der Waals surface area contributed by atoms with Gasteiger partial charge in [0.05, 0.1) is 16.1 Å². The van der Waals surface area contributed by atoms with Crippen LogP contribution in [-0.2, 0) is 29.4 Å². The highest BCUT2D eigenvalue weighted by molar-refractivity contribution is 7.92. The number of fused-ring (bicyclic) bond motifs is 1. The second kappa shape index (κ2) is 10.8. The molecule has 3 aliphatic heterocycles. The van der Waals surface area contributed by atoms with Crippen molar-refractivity contribution in [1.82, 2.24) is 19.4 Å². The third-order valence-electron chi connectivity index (χ3n) is 8.07. The normalized spacial score (nSPS) is 30.4. The summed E-state index contributed by atoms with van der Waals surface area (Å²) in [6, 6.07) is 2.49. The maximum absolute atomic E-state index is 13.3. The molecule has 4 fully saturated rings. The van der Waals surface area contributed by atoms with Crippen molar-refractivity contribution in [2.45, 2.75) is 43.0 Å². The van der Waals surface area contributed by atoms with E-state index in [1.807, 2.05) is 4.90 Å². The zero-order valence-corrected chi connectivity index (χ0v) is 24.4. The highest BCUT2D eigenvalue weighted by atomic mass is 35.5. The smallest absolute Gasteiger partial charge is 0.242 e. The molecule has 38 heavy (non-hydrogen) atoms. The first kappa shape index (κ1) is 28.0. The van der Waals surface area contributed by atoms with Crippen molar-refractivity contribution in [2.24, 2.45) is 11.8 Å². The SMILES string of the molecule is CS(=O)(=O)C1CCN(CC2C3CC3CN2C(=O)CN2CCCC(NS(=O)(=O)/C=C/c3ccc(Cl)s3)C2=O)C1. The van der Waals surface area contributed by atoms with Gasteiger partial charge in [0.2, 0.25) is 21.8 Å². The van der Waals surface area contributed by atoms with Crippen molar-refractivity contribution in [3.8, 4) is 0 Å². The van der Waals surface area contributed by atoms with E-state index < -0.39 is 31.8 Å². The van der Waals surface area contributed by atoms with Crippen molar-refractivity contribution in [3.05, 3.63) is 26.8 Å². The minimum Gasteiger partial charge on any atom is -0.336 e. The molecule has 5 unspecified atom stereocenters. The standard InChI is InChI=1S/C24H33ClN4O6S3/c1-37(32,33)18-6-9-27(13-18)14-21-19-11-16(19)12-29(21)23(30)15-28-8-2-3-20(24(28)31)26-38(34,35)10-7-17-4-5-22(25)36-17/h4-5,7,10,16,18-21,26H,2-3,6,8-9,11-15H2,1H3/b10-7+. The molecule has 14 heteroatoms. The Morgan fingerprint density at radius 2 is 1.97 bits per heavy atom. The van der Waals surface area contributed by atoms with E-state index in [1.165, 1.54) is 28.6 Å². The zero-order chi connectivity index (χ0) is 27.2. The van der Waals surface area contributed by atoms with Gasteiger partial charge in [0.15, 0.2) is 9.84 Å². The number of carbonyl (C=O) groups excluding carboxylic acids is 2. The fourth-order valence-corrected chi connectivity index (χ4v) is 9.03. The number of amides is 2. The predicted octanol–water partition coefficient (Wildman–Crippen LogP) is 1.25. The van der Waals surface area contributed by atoms with Crippen LogP contribution in [0.5, 0.6) is 0 Å². The zero-order valence-electron chi connectivity index (χ0n) is 21.2. The number of piperidine rings is 2. The van der Waals surface area contributed by atoms with Crippen LogP contribution in [0.3, 0.4) is 0 Å². The molecule has 3 saturated heterocycles. The highest BCUT2D eigenvalue weighted by Crippen LogP contribution is 2.50. The molecule has 0 radical (unpaired) electrons. The summed E-state index contributed by atoms with van der Waals surface area (Å²) in [5, 5.41) is 0.674. The van der Waals surface area contributed by atoms with Crippen LogP contribution in [0.15, 0.2) is 17.5 Å². The molecule has 210 valence electrons. The lowest BCUT2D eigenvalue weighted by molar-refractivity contribution is -0.144. The first-order valence-corrected chi connectivity index (χ1v) is 17.5. The number of thiophene rings is 1. The second-order valence-electron chi connectivity index (χ2n) is 10.8. The number of sulfonamides is 1. The monoisotopic (exact) mass is 604 g/mol.